The van der Waals surface area contributed by atoms with Gasteiger partial charge in [0.15, 0.2) is 6.61 Å². The number of hydrogen-bond acceptors (Lipinski definition) is 5. The van der Waals surface area contributed by atoms with E-state index in [0.29, 0.717) is 22.0 Å². The van der Waals surface area contributed by atoms with Crippen LogP contribution in [0.4, 0.5) is 5.69 Å². The Morgan fingerprint density at radius 1 is 1.07 bits per heavy atom. The van der Waals surface area contributed by atoms with Crippen LogP contribution in [0.5, 0.6) is 5.75 Å². The summed E-state index contributed by atoms with van der Waals surface area (Å²) in [6.45, 7) is 1.03. The number of rotatable bonds is 7. The molecule has 0 atom stereocenters. The summed E-state index contributed by atoms with van der Waals surface area (Å²) in [5, 5.41) is 5.36. The second-order valence-electron chi connectivity index (χ2n) is 5.60. The minimum atomic E-state index is -0.734. The van der Waals surface area contributed by atoms with Crippen molar-refractivity contribution in [3.05, 3.63) is 58.6 Å². The van der Waals surface area contributed by atoms with Crippen LogP contribution >= 0.6 is 11.6 Å². The van der Waals surface area contributed by atoms with E-state index in [0.717, 1.165) is 5.56 Å². The highest BCUT2D eigenvalue weighted by atomic mass is 35.5. The summed E-state index contributed by atoms with van der Waals surface area (Å²) in [5.74, 6) is -1.09. The fourth-order valence-electron chi connectivity index (χ4n) is 2.10. The van der Waals surface area contributed by atoms with Gasteiger partial charge in [-0.3, -0.25) is 14.4 Å². The highest BCUT2D eigenvalue weighted by Gasteiger charge is 2.12. The van der Waals surface area contributed by atoms with E-state index in [4.69, 9.17) is 21.1 Å². The van der Waals surface area contributed by atoms with Gasteiger partial charge < -0.3 is 20.1 Å². The quantitative estimate of drug-likeness (QED) is 0.709. The first-order valence-electron chi connectivity index (χ1n) is 8.03. The highest BCUT2D eigenvalue weighted by molar-refractivity contribution is 6.33. The number of amides is 2. The molecule has 142 valence electrons. The van der Waals surface area contributed by atoms with Crippen molar-refractivity contribution in [2.24, 2.45) is 0 Å². The summed E-state index contributed by atoms with van der Waals surface area (Å²) >= 11 is 6.02. The van der Waals surface area contributed by atoms with Crippen molar-refractivity contribution < 1.29 is 23.9 Å². The van der Waals surface area contributed by atoms with Crippen molar-refractivity contribution >= 4 is 35.1 Å². The summed E-state index contributed by atoms with van der Waals surface area (Å²) in [5.41, 5.74) is 1.75. The van der Waals surface area contributed by atoms with E-state index >= 15 is 0 Å². The lowest BCUT2D eigenvalue weighted by Gasteiger charge is -2.09. The van der Waals surface area contributed by atoms with Crippen LogP contribution in [-0.4, -0.2) is 38.0 Å². The van der Waals surface area contributed by atoms with E-state index in [1.54, 1.807) is 42.5 Å². The summed E-state index contributed by atoms with van der Waals surface area (Å²) in [6.07, 6.45) is 0. The SMILES string of the molecule is COc1ccc(C(=O)NCC(=O)OCC(=O)Nc2ccc(C)cc2Cl)cc1. The van der Waals surface area contributed by atoms with Gasteiger partial charge in [0.25, 0.3) is 11.8 Å². The maximum Gasteiger partial charge on any atom is 0.325 e. The van der Waals surface area contributed by atoms with Gasteiger partial charge in [-0.1, -0.05) is 17.7 Å². The van der Waals surface area contributed by atoms with Crippen LogP contribution in [0.25, 0.3) is 0 Å². The first-order valence-corrected chi connectivity index (χ1v) is 8.40. The molecule has 0 aliphatic carbocycles. The van der Waals surface area contributed by atoms with Gasteiger partial charge in [0.2, 0.25) is 0 Å². The van der Waals surface area contributed by atoms with Gasteiger partial charge in [-0.05, 0) is 48.9 Å². The predicted molar refractivity (Wildman–Crippen MR) is 101 cm³/mol. The molecule has 2 aromatic rings. The highest BCUT2D eigenvalue weighted by Crippen LogP contribution is 2.22. The van der Waals surface area contributed by atoms with Crippen molar-refractivity contribution in [1.29, 1.82) is 0 Å². The van der Waals surface area contributed by atoms with Crippen molar-refractivity contribution in [2.75, 3.05) is 25.6 Å². The molecule has 0 aromatic heterocycles. The number of aryl methyl sites for hydroxylation is 1. The maximum atomic E-state index is 11.9. The van der Waals surface area contributed by atoms with Crippen molar-refractivity contribution in [3.8, 4) is 5.75 Å². The predicted octanol–water partition coefficient (Wildman–Crippen LogP) is 2.57. The first-order chi connectivity index (χ1) is 12.9. The summed E-state index contributed by atoms with van der Waals surface area (Å²) in [7, 11) is 1.52. The number of carbonyl (C=O) groups is 3. The van der Waals surface area contributed by atoms with Gasteiger partial charge in [-0.2, -0.15) is 0 Å². The molecule has 0 fully saturated rings. The van der Waals surface area contributed by atoms with Crippen LogP contribution in [0, 0.1) is 6.92 Å². The Morgan fingerprint density at radius 3 is 2.41 bits per heavy atom. The van der Waals surface area contributed by atoms with Gasteiger partial charge in [0.05, 0.1) is 17.8 Å². The van der Waals surface area contributed by atoms with Crippen LogP contribution in [0.1, 0.15) is 15.9 Å². The second kappa shape index (κ2) is 9.59. The van der Waals surface area contributed by atoms with E-state index in [-0.39, 0.29) is 6.54 Å². The van der Waals surface area contributed by atoms with E-state index in [2.05, 4.69) is 10.6 Å². The Balaban J connectivity index is 1.74. The van der Waals surface area contributed by atoms with Gasteiger partial charge >= 0.3 is 5.97 Å². The third-order valence-corrected chi connectivity index (χ3v) is 3.82. The molecule has 8 heteroatoms. The molecule has 27 heavy (non-hydrogen) atoms. The molecule has 0 aliphatic rings. The number of ether oxygens (including phenoxy) is 2. The maximum absolute atomic E-state index is 11.9. The molecule has 0 radical (unpaired) electrons. The van der Waals surface area contributed by atoms with Crippen LogP contribution in [0.3, 0.4) is 0 Å². The summed E-state index contributed by atoms with van der Waals surface area (Å²) < 4.78 is 9.84. The standard InChI is InChI=1S/C19H19ClN2O5/c1-12-3-8-16(15(20)9-12)22-17(23)11-27-18(24)10-21-19(25)13-4-6-14(26-2)7-5-13/h3-9H,10-11H2,1-2H3,(H,21,25)(H,22,23). The summed E-state index contributed by atoms with van der Waals surface area (Å²) in [6, 6.07) is 11.6. The number of benzene rings is 2. The lowest BCUT2D eigenvalue weighted by atomic mass is 10.2. The average Bonchev–Trinajstić information content (AvgIpc) is 2.66. The van der Waals surface area contributed by atoms with Gasteiger partial charge in [0.1, 0.15) is 12.3 Å². The van der Waals surface area contributed by atoms with Gasteiger partial charge in [0, 0.05) is 5.56 Å². The number of carbonyl (C=O) groups excluding carboxylic acids is 3. The molecule has 2 N–H and O–H groups in total. The number of hydrogen-bond donors (Lipinski definition) is 2. The summed E-state index contributed by atoms with van der Waals surface area (Å²) in [4.78, 5) is 35.5. The van der Waals surface area contributed by atoms with E-state index in [1.165, 1.54) is 7.11 Å². The fraction of sp³-hybridized carbons (Fsp3) is 0.211. The average molecular weight is 391 g/mol. The van der Waals surface area contributed by atoms with Gasteiger partial charge in [-0.15, -0.1) is 0 Å². The molecule has 0 bridgehead atoms. The normalized spacial score (nSPS) is 10.0. The molecule has 2 rings (SSSR count). The lowest BCUT2D eigenvalue weighted by Crippen LogP contribution is -2.32. The lowest BCUT2D eigenvalue weighted by molar-refractivity contribution is -0.146. The van der Waals surface area contributed by atoms with Gasteiger partial charge in [-0.25, -0.2) is 0 Å². The minimum absolute atomic E-state index is 0.358. The Morgan fingerprint density at radius 2 is 1.78 bits per heavy atom. The number of halogens is 1. The van der Waals surface area contributed by atoms with Crippen LogP contribution < -0.4 is 15.4 Å². The molecule has 7 nitrogen and oxygen atoms in total. The van der Waals surface area contributed by atoms with Crippen molar-refractivity contribution in [3.63, 3.8) is 0 Å². The molecule has 0 heterocycles. The second-order valence-corrected chi connectivity index (χ2v) is 6.01. The molecule has 0 saturated heterocycles. The Bertz CT molecular complexity index is 836. The number of anilines is 1. The number of nitrogens with one attached hydrogen (secondary N) is 2. The topological polar surface area (TPSA) is 93.7 Å². The Hall–Kier alpha value is -3.06. The first kappa shape index (κ1) is 20.3. The van der Waals surface area contributed by atoms with E-state index in [9.17, 15) is 14.4 Å². The smallest absolute Gasteiger partial charge is 0.325 e. The van der Waals surface area contributed by atoms with E-state index < -0.39 is 24.4 Å². The van der Waals surface area contributed by atoms with Crippen molar-refractivity contribution in [1.82, 2.24) is 5.32 Å². The number of methoxy groups -OCH3 is 1. The molecule has 2 amide bonds. The fourth-order valence-corrected chi connectivity index (χ4v) is 2.38. The molecule has 0 unspecified atom stereocenters. The molecule has 0 aliphatic heterocycles. The monoisotopic (exact) mass is 390 g/mol. The molecular formula is C19H19ClN2O5. The molecule has 0 spiro atoms. The zero-order chi connectivity index (χ0) is 19.8. The van der Waals surface area contributed by atoms with Crippen molar-refractivity contribution in [2.45, 2.75) is 6.92 Å². The Labute approximate surface area is 161 Å². The largest absolute Gasteiger partial charge is 0.497 e. The zero-order valence-corrected chi connectivity index (χ0v) is 15.6. The van der Waals surface area contributed by atoms with Crippen LogP contribution in [0.2, 0.25) is 5.02 Å². The number of esters is 1. The third-order valence-electron chi connectivity index (χ3n) is 3.51. The zero-order valence-electron chi connectivity index (χ0n) is 14.9. The van der Waals surface area contributed by atoms with Crippen LogP contribution in [0.15, 0.2) is 42.5 Å². The van der Waals surface area contributed by atoms with Crippen LogP contribution in [-0.2, 0) is 14.3 Å². The van der Waals surface area contributed by atoms with E-state index in [1.807, 2.05) is 6.92 Å². The third kappa shape index (κ3) is 6.31. The minimum Gasteiger partial charge on any atom is -0.497 e. The molecule has 0 saturated carbocycles. The molecule has 2 aromatic carbocycles. The molecular weight excluding hydrogens is 372 g/mol. The Kier molecular flexibility index (Phi) is 7.19.